The van der Waals surface area contributed by atoms with Crippen molar-refractivity contribution in [1.82, 2.24) is 29.5 Å². The molecule has 0 aromatic carbocycles. The third-order valence-corrected chi connectivity index (χ3v) is 5.97. The van der Waals surface area contributed by atoms with Crippen LogP contribution in [-0.4, -0.2) is 42.6 Å². The Morgan fingerprint density at radius 2 is 1.81 bits per heavy atom. The van der Waals surface area contributed by atoms with Crippen molar-refractivity contribution in [2.45, 2.75) is 58.4 Å². The maximum Gasteiger partial charge on any atom is 0.263 e. The van der Waals surface area contributed by atoms with Crippen LogP contribution in [0.15, 0.2) is 11.0 Å². The van der Waals surface area contributed by atoms with Gasteiger partial charge in [-0.25, -0.2) is 4.68 Å². The number of H-pyrrole nitrogens is 1. The van der Waals surface area contributed by atoms with Crippen molar-refractivity contribution in [3.05, 3.63) is 27.9 Å². The molecule has 2 aliphatic rings. The summed E-state index contributed by atoms with van der Waals surface area (Å²) in [6.45, 7) is 5.96. The molecule has 1 aliphatic heterocycles. The van der Waals surface area contributed by atoms with Crippen LogP contribution in [0, 0.1) is 13.8 Å². The fourth-order valence-corrected chi connectivity index (χ4v) is 4.59. The Labute approximate surface area is 157 Å². The molecule has 0 bridgehead atoms. The molecule has 2 fully saturated rings. The minimum Gasteiger partial charge on any atom is -0.342 e. The van der Waals surface area contributed by atoms with Crippen molar-refractivity contribution in [3.63, 3.8) is 0 Å². The van der Waals surface area contributed by atoms with Gasteiger partial charge in [-0.15, -0.1) is 5.10 Å². The largest absolute Gasteiger partial charge is 0.342 e. The molecule has 3 aromatic heterocycles. The highest BCUT2D eigenvalue weighted by atomic mass is 16.1. The molecule has 3 aromatic rings. The first-order chi connectivity index (χ1) is 13.1. The van der Waals surface area contributed by atoms with Crippen molar-refractivity contribution < 1.29 is 0 Å². The minimum atomic E-state index is -0.133. The number of nitrogens with zero attached hydrogens (tertiary/aromatic N) is 6. The molecule has 0 unspecified atom stereocenters. The Hall–Kier alpha value is -2.64. The standard InChI is InChI=1S/C19H25N7O/c1-12-16(13(2)26(22-12)14-7-3-4-8-14)25-11-15-17(23-25)20-19(21-18(15)27)24-9-5-6-10-24/h11,14H,3-10H2,1-2H3,(H,20,21,23,27). The van der Waals surface area contributed by atoms with Crippen LogP contribution in [0.2, 0.25) is 0 Å². The molecule has 8 heteroatoms. The van der Waals surface area contributed by atoms with Crippen LogP contribution in [0.25, 0.3) is 16.7 Å². The highest BCUT2D eigenvalue weighted by Gasteiger charge is 2.24. The average Bonchev–Trinajstić information content (AvgIpc) is 3.42. The van der Waals surface area contributed by atoms with Gasteiger partial charge < -0.3 is 4.90 Å². The minimum absolute atomic E-state index is 0.133. The summed E-state index contributed by atoms with van der Waals surface area (Å²) in [5.41, 5.74) is 3.36. The van der Waals surface area contributed by atoms with E-state index >= 15 is 0 Å². The summed E-state index contributed by atoms with van der Waals surface area (Å²) in [4.78, 5) is 22.2. The first-order valence-corrected chi connectivity index (χ1v) is 9.92. The zero-order valence-electron chi connectivity index (χ0n) is 15.9. The summed E-state index contributed by atoms with van der Waals surface area (Å²) in [5.74, 6) is 0.630. The van der Waals surface area contributed by atoms with Crippen LogP contribution in [0.5, 0.6) is 0 Å². The van der Waals surface area contributed by atoms with Crippen molar-refractivity contribution in [3.8, 4) is 5.69 Å². The normalized spacial score (nSPS) is 18.2. The van der Waals surface area contributed by atoms with E-state index in [0.717, 1.165) is 43.0 Å². The van der Waals surface area contributed by atoms with Gasteiger partial charge in [0.1, 0.15) is 11.1 Å². The molecule has 1 aliphatic carbocycles. The van der Waals surface area contributed by atoms with Gasteiger partial charge in [-0.2, -0.15) is 10.1 Å². The van der Waals surface area contributed by atoms with Gasteiger partial charge in [-0.05, 0) is 39.5 Å². The molecule has 1 N–H and O–H groups in total. The van der Waals surface area contributed by atoms with E-state index < -0.39 is 0 Å². The number of fused-ring (bicyclic) bond motifs is 1. The summed E-state index contributed by atoms with van der Waals surface area (Å²) in [5, 5.41) is 9.94. The molecule has 0 radical (unpaired) electrons. The number of hydrogen-bond donors (Lipinski definition) is 1. The van der Waals surface area contributed by atoms with Gasteiger partial charge in [0, 0.05) is 19.3 Å². The molecule has 0 atom stereocenters. The zero-order chi connectivity index (χ0) is 18.5. The van der Waals surface area contributed by atoms with Gasteiger partial charge in [0.2, 0.25) is 5.95 Å². The summed E-state index contributed by atoms with van der Waals surface area (Å²) in [7, 11) is 0. The second kappa shape index (κ2) is 6.21. The highest BCUT2D eigenvalue weighted by Crippen LogP contribution is 2.32. The average molecular weight is 367 g/mol. The van der Waals surface area contributed by atoms with Crippen LogP contribution in [-0.2, 0) is 0 Å². The Balaban J connectivity index is 1.59. The van der Waals surface area contributed by atoms with Gasteiger partial charge >= 0.3 is 0 Å². The first kappa shape index (κ1) is 16.5. The lowest BCUT2D eigenvalue weighted by Crippen LogP contribution is -2.23. The van der Waals surface area contributed by atoms with Gasteiger partial charge in [0.25, 0.3) is 5.56 Å². The van der Waals surface area contributed by atoms with Crippen LogP contribution in [0.1, 0.15) is 56.0 Å². The lowest BCUT2D eigenvalue weighted by molar-refractivity contribution is 0.454. The number of aromatic nitrogens is 6. The summed E-state index contributed by atoms with van der Waals surface area (Å²) in [6.07, 6.45) is 8.95. The topological polar surface area (TPSA) is 84.6 Å². The molecule has 0 spiro atoms. The van der Waals surface area contributed by atoms with E-state index in [9.17, 15) is 4.79 Å². The smallest absolute Gasteiger partial charge is 0.263 e. The van der Waals surface area contributed by atoms with Gasteiger partial charge in [-0.3, -0.25) is 14.5 Å². The Morgan fingerprint density at radius 3 is 2.56 bits per heavy atom. The predicted molar refractivity (Wildman–Crippen MR) is 104 cm³/mol. The van der Waals surface area contributed by atoms with Crippen molar-refractivity contribution in [2.24, 2.45) is 0 Å². The predicted octanol–water partition coefficient (Wildman–Crippen LogP) is 2.64. The fraction of sp³-hybridized carbons (Fsp3) is 0.579. The fourth-order valence-electron chi connectivity index (χ4n) is 4.59. The molecule has 5 rings (SSSR count). The molecule has 4 heterocycles. The lowest BCUT2D eigenvalue weighted by Gasteiger charge is -2.14. The van der Waals surface area contributed by atoms with E-state index in [1.807, 2.05) is 6.92 Å². The van der Waals surface area contributed by atoms with Crippen LogP contribution in [0.3, 0.4) is 0 Å². The molecule has 0 amide bonds. The second-order valence-electron chi connectivity index (χ2n) is 7.80. The number of rotatable bonds is 3. The van der Waals surface area contributed by atoms with Crippen LogP contribution < -0.4 is 10.5 Å². The van der Waals surface area contributed by atoms with Gasteiger partial charge in [-0.1, -0.05) is 12.8 Å². The Morgan fingerprint density at radius 1 is 1.07 bits per heavy atom. The summed E-state index contributed by atoms with van der Waals surface area (Å²) in [6, 6.07) is 0.478. The van der Waals surface area contributed by atoms with Crippen molar-refractivity contribution in [2.75, 3.05) is 18.0 Å². The number of anilines is 1. The Kier molecular flexibility index (Phi) is 3.80. The number of hydrogen-bond acceptors (Lipinski definition) is 5. The third kappa shape index (κ3) is 2.65. The SMILES string of the molecule is Cc1nn(C2CCCC2)c(C)c1-n1cc2c(=O)[nH]c(N3CCCC3)nc2n1. The lowest BCUT2D eigenvalue weighted by atomic mass is 10.2. The van der Waals surface area contributed by atoms with E-state index in [-0.39, 0.29) is 5.56 Å². The van der Waals surface area contributed by atoms with Crippen molar-refractivity contribution >= 4 is 17.0 Å². The third-order valence-electron chi connectivity index (χ3n) is 5.97. The summed E-state index contributed by atoms with van der Waals surface area (Å²) >= 11 is 0. The molecule has 142 valence electrons. The Bertz CT molecular complexity index is 1050. The number of nitrogens with one attached hydrogen (secondary N) is 1. The maximum atomic E-state index is 12.6. The molecular weight excluding hydrogens is 342 g/mol. The quantitative estimate of drug-likeness (QED) is 0.769. The maximum absolute atomic E-state index is 12.6. The number of aryl methyl sites for hydroxylation is 1. The molecule has 27 heavy (non-hydrogen) atoms. The second-order valence-corrected chi connectivity index (χ2v) is 7.80. The van der Waals surface area contributed by atoms with Crippen molar-refractivity contribution in [1.29, 1.82) is 0 Å². The van der Waals surface area contributed by atoms with Crippen LogP contribution in [0.4, 0.5) is 5.95 Å². The monoisotopic (exact) mass is 367 g/mol. The molecule has 1 saturated heterocycles. The molecule has 8 nitrogen and oxygen atoms in total. The van der Waals surface area contributed by atoms with Crippen LogP contribution >= 0.6 is 0 Å². The number of aromatic amines is 1. The van der Waals surface area contributed by atoms with Gasteiger partial charge in [0.05, 0.1) is 17.4 Å². The van der Waals surface area contributed by atoms with E-state index in [4.69, 9.17) is 5.10 Å². The zero-order valence-corrected chi connectivity index (χ0v) is 15.9. The van der Waals surface area contributed by atoms with E-state index in [1.165, 1.54) is 25.7 Å². The summed E-state index contributed by atoms with van der Waals surface area (Å²) < 4.78 is 3.93. The van der Waals surface area contributed by atoms with E-state index in [1.54, 1.807) is 10.9 Å². The van der Waals surface area contributed by atoms with Gasteiger partial charge in [0.15, 0.2) is 5.65 Å². The molecule has 1 saturated carbocycles. The van der Waals surface area contributed by atoms with E-state index in [0.29, 0.717) is 23.0 Å². The van der Waals surface area contributed by atoms with E-state index in [2.05, 4.69) is 31.6 Å². The highest BCUT2D eigenvalue weighted by molar-refractivity contribution is 5.75. The molecular formula is C19H25N7O. The first-order valence-electron chi connectivity index (χ1n) is 9.92.